The Labute approximate surface area is 199 Å². The summed E-state index contributed by atoms with van der Waals surface area (Å²) in [5.74, 6) is 0.841. The number of benzene rings is 2. The van der Waals surface area contributed by atoms with E-state index in [0.29, 0.717) is 13.1 Å². The molecule has 1 saturated heterocycles. The number of nitrogens with zero attached hydrogens (tertiary/aromatic N) is 4. The van der Waals surface area contributed by atoms with Crippen molar-refractivity contribution in [2.75, 3.05) is 38.2 Å². The highest BCUT2D eigenvalue weighted by molar-refractivity contribution is 6.30. The van der Waals surface area contributed by atoms with Crippen LogP contribution in [-0.4, -0.2) is 59.9 Å². The Morgan fingerprint density at radius 1 is 1.06 bits per heavy atom. The number of hydrogen-bond acceptors (Lipinski definition) is 5. The first kappa shape index (κ1) is 23.0. The second-order valence-electron chi connectivity index (χ2n) is 8.10. The average molecular weight is 469 g/mol. The van der Waals surface area contributed by atoms with Crippen molar-refractivity contribution in [2.45, 2.75) is 25.5 Å². The lowest BCUT2D eigenvalue weighted by Gasteiger charge is -2.35. The lowest BCUT2D eigenvalue weighted by Crippen LogP contribution is -2.48. The summed E-state index contributed by atoms with van der Waals surface area (Å²) < 4.78 is 13.2. The van der Waals surface area contributed by atoms with E-state index < -0.39 is 0 Å². The maximum atomic E-state index is 11.7. The molecule has 1 unspecified atom stereocenters. The summed E-state index contributed by atoms with van der Waals surface area (Å²) in [6.07, 6.45) is 7.07. The molecule has 174 valence electrons. The van der Waals surface area contributed by atoms with Crippen molar-refractivity contribution in [2.24, 2.45) is 0 Å². The van der Waals surface area contributed by atoms with Crippen molar-refractivity contribution < 1.29 is 14.3 Å². The monoisotopic (exact) mass is 468 g/mol. The predicted octanol–water partition coefficient (Wildman–Crippen LogP) is 4.51. The molecule has 0 aliphatic carbocycles. The molecule has 3 aromatic rings. The second-order valence-corrected chi connectivity index (χ2v) is 8.54. The van der Waals surface area contributed by atoms with E-state index >= 15 is 0 Å². The van der Waals surface area contributed by atoms with Crippen molar-refractivity contribution in [3.63, 3.8) is 0 Å². The quantitative estimate of drug-likeness (QED) is 0.487. The Balaban J connectivity index is 1.36. The number of carbonyl (C=O) groups excluding carboxylic acids is 1. The number of hydrogen-bond donors (Lipinski definition) is 0. The Kier molecular flexibility index (Phi) is 7.73. The van der Waals surface area contributed by atoms with Gasteiger partial charge in [0.25, 0.3) is 0 Å². The van der Waals surface area contributed by atoms with Gasteiger partial charge in [-0.15, -0.1) is 0 Å². The van der Waals surface area contributed by atoms with Crippen LogP contribution >= 0.6 is 11.6 Å². The minimum Gasteiger partial charge on any atom is -0.489 e. The van der Waals surface area contributed by atoms with Crippen LogP contribution in [0.1, 0.15) is 12.0 Å². The van der Waals surface area contributed by atoms with Crippen LogP contribution in [0.3, 0.4) is 0 Å². The first-order chi connectivity index (χ1) is 16.1. The largest absolute Gasteiger partial charge is 0.489 e. The van der Waals surface area contributed by atoms with Crippen LogP contribution in [0.4, 0.5) is 10.5 Å². The number of rotatable bonds is 8. The van der Waals surface area contributed by atoms with E-state index in [2.05, 4.69) is 34.1 Å². The SMILES string of the molecule is COC(=O)N1CCN(c2ccc(OC(CCc3ccc(Cl)cc3)Cn3ccnc3)cc2)CC1. The first-order valence-corrected chi connectivity index (χ1v) is 11.5. The highest BCUT2D eigenvalue weighted by Crippen LogP contribution is 2.23. The molecule has 4 rings (SSSR count). The van der Waals surface area contributed by atoms with Crippen LogP contribution in [0.5, 0.6) is 5.75 Å². The average Bonchev–Trinajstić information content (AvgIpc) is 3.37. The Morgan fingerprint density at radius 2 is 1.79 bits per heavy atom. The number of piperazine rings is 1. The third kappa shape index (κ3) is 6.42. The van der Waals surface area contributed by atoms with Gasteiger partial charge in [0, 0.05) is 49.3 Å². The molecule has 7 nitrogen and oxygen atoms in total. The molecule has 1 aromatic heterocycles. The number of halogens is 1. The molecule has 2 heterocycles. The topological polar surface area (TPSA) is 59.8 Å². The number of carbonyl (C=O) groups is 1. The zero-order valence-corrected chi connectivity index (χ0v) is 19.5. The van der Waals surface area contributed by atoms with Crippen LogP contribution in [0, 0.1) is 0 Å². The molecule has 1 amide bonds. The highest BCUT2D eigenvalue weighted by atomic mass is 35.5. The smallest absolute Gasteiger partial charge is 0.409 e. The fraction of sp³-hybridized carbons (Fsp3) is 0.360. The van der Waals surface area contributed by atoms with Crippen molar-refractivity contribution in [1.82, 2.24) is 14.5 Å². The van der Waals surface area contributed by atoms with Gasteiger partial charge in [-0.2, -0.15) is 0 Å². The summed E-state index contributed by atoms with van der Waals surface area (Å²) in [6, 6.07) is 16.2. The number of ether oxygens (including phenoxy) is 2. The van der Waals surface area contributed by atoms with E-state index in [1.807, 2.05) is 41.4 Å². The van der Waals surface area contributed by atoms with Gasteiger partial charge in [-0.1, -0.05) is 23.7 Å². The van der Waals surface area contributed by atoms with Crippen LogP contribution < -0.4 is 9.64 Å². The highest BCUT2D eigenvalue weighted by Gasteiger charge is 2.21. The van der Waals surface area contributed by atoms with Gasteiger partial charge < -0.3 is 23.8 Å². The molecular weight excluding hydrogens is 440 g/mol. The van der Waals surface area contributed by atoms with E-state index in [1.54, 1.807) is 11.1 Å². The number of amides is 1. The molecule has 1 atom stereocenters. The molecule has 2 aromatic carbocycles. The van der Waals surface area contributed by atoms with Crippen LogP contribution in [0.25, 0.3) is 0 Å². The van der Waals surface area contributed by atoms with Gasteiger partial charge in [-0.25, -0.2) is 9.78 Å². The van der Waals surface area contributed by atoms with E-state index in [0.717, 1.165) is 48.9 Å². The number of methoxy groups -OCH3 is 1. The summed E-state index contributed by atoms with van der Waals surface area (Å²) in [4.78, 5) is 19.8. The van der Waals surface area contributed by atoms with Crippen molar-refractivity contribution in [1.29, 1.82) is 0 Å². The van der Waals surface area contributed by atoms with Gasteiger partial charge in [0.05, 0.1) is 20.0 Å². The molecule has 0 spiro atoms. The second kappa shape index (κ2) is 11.1. The number of aromatic nitrogens is 2. The van der Waals surface area contributed by atoms with E-state index in [4.69, 9.17) is 21.1 Å². The number of imidazole rings is 1. The Bertz CT molecular complexity index is 1000. The summed E-state index contributed by atoms with van der Waals surface area (Å²) in [5.41, 5.74) is 2.36. The molecule has 1 aliphatic heterocycles. The van der Waals surface area contributed by atoms with Crippen molar-refractivity contribution in [3.05, 3.63) is 77.8 Å². The maximum Gasteiger partial charge on any atom is 0.409 e. The van der Waals surface area contributed by atoms with Gasteiger partial charge in [0.2, 0.25) is 0 Å². The fourth-order valence-corrected chi connectivity index (χ4v) is 4.13. The molecule has 1 fully saturated rings. The molecule has 8 heteroatoms. The normalized spacial score (nSPS) is 14.7. The predicted molar refractivity (Wildman–Crippen MR) is 129 cm³/mol. The minimum absolute atomic E-state index is 0.00401. The molecular formula is C25H29ClN4O3. The van der Waals surface area contributed by atoms with Gasteiger partial charge in [-0.3, -0.25) is 0 Å². The number of aryl methyl sites for hydroxylation is 1. The third-order valence-electron chi connectivity index (χ3n) is 5.86. The van der Waals surface area contributed by atoms with E-state index in [9.17, 15) is 4.79 Å². The van der Waals surface area contributed by atoms with Gasteiger partial charge in [0.1, 0.15) is 11.9 Å². The third-order valence-corrected chi connectivity index (χ3v) is 6.11. The standard InChI is InChI=1S/C25H29ClN4O3/c1-32-25(31)30-16-14-29(15-17-30)22-7-10-23(11-8-22)33-24(18-28-13-12-27-19-28)9-4-20-2-5-21(26)6-3-20/h2-3,5-8,10-13,19,24H,4,9,14-18H2,1H3. The van der Waals surface area contributed by atoms with Gasteiger partial charge in [0.15, 0.2) is 0 Å². The Morgan fingerprint density at radius 3 is 2.42 bits per heavy atom. The lowest BCUT2D eigenvalue weighted by molar-refractivity contribution is 0.121. The molecule has 0 bridgehead atoms. The van der Waals surface area contributed by atoms with Crippen LogP contribution in [0.15, 0.2) is 67.3 Å². The molecule has 0 N–H and O–H groups in total. The first-order valence-electron chi connectivity index (χ1n) is 11.2. The van der Waals surface area contributed by atoms with Crippen molar-refractivity contribution >= 4 is 23.4 Å². The molecule has 0 radical (unpaired) electrons. The maximum absolute atomic E-state index is 11.7. The zero-order valence-electron chi connectivity index (χ0n) is 18.8. The van der Waals surface area contributed by atoms with E-state index in [1.165, 1.54) is 12.7 Å². The summed E-state index contributed by atoms with van der Waals surface area (Å²) in [7, 11) is 1.42. The zero-order chi connectivity index (χ0) is 23.0. The molecule has 0 saturated carbocycles. The van der Waals surface area contributed by atoms with Crippen molar-refractivity contribution in [3.8, 4) is 5.75 Å². The van der Waals surface area contributed by atoms with Gasteiger partial charge in [-0.05, 0) is 54.8 Å². The fourth-order valence-electron chi connectivity index (χ4n) is 4.00. The Hall–Kier alpha value is -3.19. The minimum atomic E-state index is -0.263. The lowest BCUT2D eigenvalue weighted by atomic mass is 10.1. The van der Waals surface area contributed by atoms with Gasteiger partial charge >= 0.3 is 6.09 Å². The van der Waals surface area contributed by atoms with Crippen LogP contribution in [0.2, 0.25) is 5.02 Å². The summed E-state index contributed by atoms with van der Waals surface area (Å²) in [6.45, 7) is 3.59. The molecule has 33 heavy (non-hydrogen) atoms. The number of anilines is 1. The van der Waals surface area contributed by atoms with E-state index in [-0.39, 0.29) is 12.2 Å². The van der Waals surface area contributed by atoms with Crippen LogP contribution in [-0.2, 0) is 17.7 Å². The summed E-state index contributed by atoms with van der Waals surface area (Å²) >= 11 is 6.01. The summed E-state index contributed by atoms with van der Waals surface area (Å²) in [5, 5.41) is 0.747. The molecule has 1 aliphatic rings.